The molecule has 2 rings (SSSR count). The highest BCUT2D eigenvalue weighted by Gasteiger charge is 2.28. The van der Waals surface area contributed by atoms with Crippen molar-refractivity contribution >= 4 is 5.69 Å². The largest absolute Gasteiger partial charge is 0.303 e. The van der Waals surface area contributed by atoms with Gasteiger partial charge in [-0.1, -0.05) is 24.1 Å². The number of hydrogen-bond acceptors (Lipinski definition) is 0. The van der Waals surface area contributed by atoms with E-state index in [0.717, 1.165) is 6.54 Å². The highest BCUT2D eigenvalue weighted by molar-refractivity contribution is 5.49. The first-order chi connectivity index (χ1) is 9.83. The highest BCUT2D eigenvalue weighted by atomic mass is 15.1. The summed E-state index contributed by atoms with van der Waals surface area (Å²) in [6.45, 7) is 6.07. The Morgan fingerprint density at radius 3 is 2.60 bits per heavy atom. The van der Waals surface area contributed by atoms with E-state index >= 15 is 0 Å². The molecule has 0 amide bonds. The van der Waals surface area contributed by atoms with E-state index in [0.29, 0.717) is 0 Å². The fourth-order valence-electron chi connectivity index (χ4n) is 2.17. The summed E-state index contributed by atoms with van der Waals surface area (Å²) in [6, 6.07) is 8.40. The molecule has 1 heteroatoms. The minimum atomic E-state index is 0.250. The van der Waals surface area contributed by atoms with E-state index in [1.807, 2.05) is 0 Å². The van der Waals surface area contributed by atoms with Crippen molar-refractivity contribution in [2.75, 3.05) is 13.6 Å². The Hall–Kier alpha value is -2.93. The van der Waals surface area contributed by atoms with Crippen molar-refractivity contribution in [3.05, 3.63) is 42.5 Å². The van der Waals surface area contributed by atoms with Gasteiger partial charge in [-0.25, -0.2) is 0 Å². The van der Waals surface area contributed by atoms with Gasteiger partial charge in [-0.05, 0) is 17.9 Å². The van der Waals surface area contributed by atoms with Gasteiger partial charge in [-0.2, -0.15) is 0 Å². The summed E-state index contributed by atoms with van der Waals surface area (Å²) in [5.41, 5.74) is 2.63. The number of fused-ring (bicyclic) bond motifs is 1. The second-order valence-electron chi connectivity index (χ2n) is 4.33. The van der Waals surface area contributed by atoms with Crippen LogP contribution in [0.2, 0.25) is 0 Å². The van der Waals surface area contributed by atoms with Gasteiger partial charge >= 0.3 is 0 Å². The number of rotatable bonds is 0. The second-order valence-corrected chi connectivity index (χ2v) is 4.33. The van der Waals surface area contributed by atoms with Gasteiger partial charge in [-0.3, -0.25) is 0 Å². The Bertz CT molecular complexity index is 755. The van der Waals surface area contributed by atoms with Crippen molar-refractivity contribution < 1.29 is 4.90 Å². The first-order valence-electron chi connectivity index (χ1n) is 6.29. The summed E-state index contributed by atoms with van der Waals surface area (Å²) in [6.07, 6.45) is 1.25. The number of para-hydroxylation sites is 1. The van der Waals surface area contributed by atoms with Gasteiger partial charge in [0.25, 0.3) is 0 Å². The molecule has 1 aliphatic rings. The molecule has 0 bridgehead atoms. The number of quaternary nitrogens is 1. The van der Waals surface area contributed by atoms with Crippen molar-refractivity contribution in [3.8, 4) is 47.4 Å². The predicted octanol–water partition coefficient (Wildman–Crippen LogP) is 0.933. The average molecular weight is 255 g/mol. The van der Waals surface area contributed by atoms with Crippen LogP contribution in [0.5, 0.6) is 0 Å². The normalized spacial score (nSPS) is 17.6. The van der Waals surface area contributed by atoms with Crippen LogP contribution in [0.3, 0.4) is 0 Å². The summed E-state index contributed by atoms with van der Waals surface area (Å²) < 4.78 is 0. The fourth-order valence-corrected chi connectivity index (χ4v) is 2.17. The summed E-state index contributed by atoms with van der Waals surface area (Å²) in [5.74, 6) is 21.9. The molecule has 2 unspecified atom stereocenters. The molecule has 1 aromatic carbocycles. The first-order valence-corrected chi connectivity index (χ1v) is 6.29. The van der Waals surface area contributed by atoms with E-state index in [1.165, 1.54) is 22.2 Å². The maximum Gasteiger partial charge on any atom is 0.222 e. The Labute approximate surface area is 120 Å². The van der Waals surface area contributed by atoms with Crippen LogP contribution in [0.15, 0.2) is 30.3 Å². The molecule has 0 saturated carbocycles. The number of hydrogen-bond donors (Lipinski definition) is 1. The zero-order valence-corrected chi connectivity index (χ0v) is 11.2. The third kappa shape index (κ3) is 3.30. The van der Waals surface area contributed by atoms with Crippen LogP contribution in [0.4, 0.5) is 5.69 Å². The predicted molar refractivity (Wildman–Crippen MR) is 80.6 cm³/mol. The molecule has 0 aromatic heterocycles. The SMILES string of the molecule is [CH+]=CC#CC#CC#CC#CC1C[NH+](C)c2ccccc21. The van der Waals surface area contributed by atoms with Crippen molar-refractivity contribution in [2.24, 2.45) is 0 Å². The quantitative estimate of drug-likeness (QED) is 0.520. The molecule has 0 spiro atoms. The minimum absolute atomic E-state index is 0.250. The molecule has 0 fully saturated rings. The van der Waals surface area contributed by atoms with Gasteiger partial charge in [0.15, 0.2) is 5.92 Å². The fraction of sp³-hybridized carbons (Fsp3) is 0.158. The molecule has 20 heavy (non-hydrogen) atoms. The van der Waals surface area contributed by atoms with Gasteiger partial charge in [0.1, 0.15) is 17.5 Å². The number of likely N-dealkylation sites (N-methyl/N-ethyl adjacent to an activating group) is 1. The summed E-state index contributed by atoms with van der Waals surface area (Å²) in [7, 11) is 2.16. The zero-order chi connectivity index (χ0) is 14.2. The Kier molecular flexibility index (Phi) is 4.63. The van der Waals surface area contributed by atoms with E-state index in [4.69, 9.17) is 6.58 Å². The monoisotopic (exact) mass is 255 g/mol. The molecule has 1 nitrogen and oxygen atoms in total. The molecule has 1 heterocycles. The molecule has 2 atom stereocenters. The lowest BCUT2D eigenvalue weighted by Gasteiger charge is -2.03. The van der Waals surface area contributed by atoms with Crippen LogP contribution in [-0.4, -0.2) is 13.6 Å². The van der Waals surface area contributed by atoms with E-state index < -0.39 is 0 Å². The third-order valence-electron chi connectivity index (χ3n) is 3.02. The average Bonchev–Trinajstić information content (AvgIpc) is 2.79. The summed E-state index contributed by atoms with van der Waals surface area (Å²) in [5, 5.41) is 0. The molecular weight excluding hydrogens is 242 g/mol. The Morgan fingerprint density at radius 1 is 1.10 bits per heavy atom. The van der Waals surface area contributed by atoms with Crippen LogP contribution in [0.1, 0.15) is 11.5 Å². The highest BCUT2D eigenvalue weighted by Crippen LogP contribution is 2.24. The maximum atomic E-state index is 5.08. The zero-order valence-electron chi connectivity index (χ0n) is 11.2. The molecule has 0 radical (unpaired) electrons. The van der Waals surface area contributed by atoms with E-state index in [9.17, 15) is 0 Å². The van der Waals surface area contributed by atoms with Gasteiger partial charge < -0.3 is 4.90 Å². The summed E-state index contributed by atoms with van der Waals surface area (Å²) in [4.78, 5) is 1.39. The number of nitrogens with one attached hydrogen (secondary N) is 1. The number of benzene rings is 1. The topological polar surface area (TPSA) is 4.44 Å². The maximum absolute atomic E-state index is 5.08. The molecule has 1 aromatic rings. The standard InChI is InChI=1S/C19H12N/c1-3-4-5-6-7-8-9-10-13-17-16-20(2)19-15-12-11-14-18(17)19/h1,3,11-12,14-15,17H,16H2,2H3/q+1/p+1. The minimum Gasteiger partial charge on any atom is -0.303 e. The van der Waals surface area contributed by atoms with Crippen LogP contribution in [-0.2, 0) is 0 Å². The van der Waals surface area contributed by atoms with Gasteiger partial charge in [0, 0.05) is 23.3 Å². The lowest BCUT2D eigenvalue weighted by atomic mass is 10.0. The molecule has 1 aliphatic heterocycles. The lowest BCUT2D eigenvalue weighted by molar-refractivity contribution is -0.803. The van der Waals surface area contributed by atoms with E-state index in [-0.39, 0.29) is 5.92 Å². The van der Waals surface area contributed by atoms with E-state index in [2.05, 4.69) is 78.7 Å². The summed E-state index contributed by atoms with van der Waals surface area (Å²) >= 11 is 0. The molecule has 0 aliphatic carbocycles. The first kappa shape index (κ1) is 13.5. The molecular formula is C19H13N+2. The molecule has 0 saturated heterocycles. The van der Waals surface area contributed by atoms with Crippen molar-refractivity contribution in [1.82, 2.24) is 0 Å². The van der Waals surface area contributed by atoms with Crippen molar-refractivity contribution in [1.29, 1.82) is 0 Å². The Morgan fingerprint density at radius 2 is 1.80 bits per heavy atom. The van der Waals surface area contributed by atoms with Crippen LogP contribution in [0, 0.1) is 53.9 Å². The van der Waals surface area contributed by atoms with Gasteiger partial charge in [-0.15, -0.1) is 0 Å². The smallest absolute Gasteiger partial charge is 0.222 e. The lowest BCUT2D eigenvalue weighted by Crippen LogP contribution is -3.02. The van der Waals surface area contributed by atoms with E-state index in [1.54, 1.807) is 0 Å². The van der Waals surface area contributed by atoms with Gasteiger partial charge in [0.05, 0.1) is 20.2 Å². The van der Waals surface area contributed by atoms with Crippen molar-refractivity contribution in [2.45, 2.75) is 5.92 Å². The van der Waals surface area contributed by atoms with Crippen LogP contribution in [0.25, 0.3) is 0 Å². The van der Waals surface area contributed by atoms with Gasteiger partial charge in [0.2, 0.25) is 6.08 Å². The van der Waals surface area contributed by atoms with Crippen LogP contribution >= 0.6 is 0 Å². The van der Waals surface area contributed by atoms with Crippen LogP contribution < -0.4 is 4.90 Å². The molecule has 92 valence electrons. The second kappa shape index (κ2) is 6.86. The number of allylic oxidation sites excluding steroid dienone is 1. The van der Waals surface area contributed by atoms with Crippen molar-refractivity contribution in [3.63, 3.8) is 0 Å². The molecule has 1 N–H and O–H groups in total. The Balaban J connectivity index is 2.06. The third-order valence-corrected chi connectivity index (χ3v) is 3.02.